The maximum Gasteiger partial charge on any atom is 0.306 e. The van der Waals surface area contributed by atoms with Gasteiger partial charge < -0.3 is 39.5 Å². The summed E-state index contributed by atoms with van der Waals surface area (Å²) >= 11 is 0. The van der Waals surface area contributed by atoms with Gasteiger partial charge >= 0.3 is 11.9 Å². The van der Waals surface area contributed by atoms with Crippen molar-refractivity contribution >= 4 is 29.4 Å². The number of carbonyl (C=O) groups is 4. The van der Waals surface area contributed by atoms with Crippen molar-refractivity contribution in [2.24, 2.45) is 11.8 Å². The molecule has 12 heteroatoms. The number of carbonyl (C=O) groups excluding carboxylic acids is 2. The van der Waals surface area contributed by atoms with Crippen LogP contribution in [0.1, 0.15) is 55.4 Å². The van der Waals surface area contributed by atoms with Crippen LogP contribution in [-0.4, -0.2) is 71.1 Å². The van der Waals surface area contributed by atoms with Crippen molar-refractivity contribution in [2.75, 3.05) is 32.7 Å². The summed E-state index contributed by atoms with van der Waals surface area (Å²) in [6.07, 6.45) is 0.577. The van der Waals surface area contributed by atoms with E-state index in [0.717, 1.165) is 27.9 Å². The van der Waals surface area contributed by atoms with Crippen LogP contribution in [0, 0.1) is 11.8 Å². The second-order valence-electron chi connectivity index (χ2n) is 11.1. The molecule has 2 aliphatic rings. The summed E-state index contributed by atoms with van der Waals surface area (Å²) in [5, 5.41) is 21.6. The van der Waals surface area contributed by atoms with Gasteiger partial charge in [0.25, 0.3) is 0 Å². The Morgan fingerprint density at radius 1 is 0.744 bits per heavy atom. The number of carboxylic acid groups (broad SMARTS) is 2. The Bertz CT molecular complexity index is 1290. The Balaban J connectivity index is 1.30. The van der Waals surface area contributed by atoms with E-state index in [0.29, 0.717) is 63.0 Å². The summed E-state index contributed by atoms with van der Waals surface area (Å²) in [7, 11) is 3.15. The number of carboxylic acids is 2. The zero-order chi connectivity index (χ0) is 31.3. The lowest BCUT2D eigenvalue weighted by Crippen LogP contribution is -2.28. The summed E-state index contributed by atoms with van der Waals surface area (Å²) in [6, 6.07) is 7.62. The lowest BCUT2D eigenvalue weighted by molar-refractivity contribution is -0.145. The first kappa shape index (κ1) is 31.5. The van der Waals surface area contributed by atoms with Gasteiger partial charge in [-0.05, 0) is 52.9 Å². The summed E-state index contributed by atoms with van der Waals surface area (Å²) in [6.45, 7) is 5.67. The fraction of sp³-hybridized carbons (Fsp3) is 0.484. The van der Waals surface area contributed by atoms with Crippen molar-refractivity contribution < 1.29 is 43.6 Å². The van der Waals surface area contributed by atoms with Crippen molar-refractivity contribution in [1.29, 1.82) is 0 Å². The van der Waals surface area contributed by atoms with Crippen LogP contribution in [0.5, 0.6) is 17.2 Å². The highest BCUT2D eigenvalue weighted by atomic mass is 16.5. The molecule has 12 nitrogen and oxygen atoms in total. The summed E-state index contributed by atoms with van der Waals surface area (Å²) in [5.74, 6) is -2.05. The van der Waals surface area contributed by atoms with Crippen LogP contribution in [0.3, 0.4) is 0 Å². The molecule has 4 rings (SSSR count). The number of rotatable bonds is 14. The van der Waals surface area contributed by atoms with Crippen LogP contribution in [0.25, 0.3) is 0 Å². The van der Waals surface area contributed by atoms with Crippen LogP contribution < -0.4 is 19.5 Å². The molecule has 232 valence electrons. The summed E-state index contributed by atoms with van der Waals surface area (Å²) < 4.78 is 17.1. The predicted octanol–water partition coefficient (Wildman–Crippen LogP) is 3.49. The van der Waals surface area contributed by atoms with Crippen molar-refractivity contribution in [2.45, 2.75) is 59.3 Å². The number of aliphatic carboxylic acids is 2. The van der Waals surface area contributed by atoms with Gasteiger partial charge in [0.1, 0.15) is 5.75 Å². The third-order valence-corrected chi connectivity index (χ3v) is 7.86. The van der Waals surface area contributed by atoms with E-state index in [2.05, 4.69) is 5.32 Å². The number of ether oxygens (including phenoxy) is 3. The number of anilines is 1. The Kier molecular flexibility index (Phi) is 9.99. The fourth-order valence-corrected chi connectivity index (χ4v) is 5.20. The van der Waals surface area contributed by atoms with Gasteiger partial charge in [0, 0.05) is 45.6 Å². The summed E-state index contributed by atoms with van der Waals surface area (Å²) in [5.41, 5.74) is 4.65. The molecular formula is C31H39N3O9. The van der Waals surface area contributed by atoms with Gasteiger partial charge in [-0.1, -0.05) is 13.8 Å². The Morgan fingerprint density at radius 3 is 1.65 bits per heavy atom. The van der Waals surface area contributed by atoms with E-state index < -0.39 is 23.8 Å². The second kappa shape index (κ2) is 13.7. The van der Waals surface area contributed by atoms with Gasteiger partial charge in [0.2, 0.25) is 11.8 Å². The molecule has 0 aliphatic carbocycles. The van der Waals surface area contributed by atoms with E-state index in [4.69, 9.17) is 24.4 Å². The molecule has 0 saturated heterocycles. The monoisotopic (exact) mass is 597 g/mol. The van der Waals surface area contributed by atoms with Crippen molar-refractivity contribution in [3.63, 3.8) is 0 Å². The molecule has 43 heavy (non-hydrogen) atoms. The van der Waals surface area contributed by atoms with Crippen LogP contribution in [0.2, 0.25) is 0 Å². The maximum absolute atomic E-state index is 12.6. The van der Waals surface area contributed by atoms with Gasteiger partial charge in [-0.15, -0.1) is 0 Å². The van der Waals surface area contributed by atoms with Crippen molar-refractivity contribution in [1.82, 2.24) is 9.80 Å². The van der Waals surface area contributed by atoms with Gasteiger partial charge in [0.05, 0.1) is 38.3 Å². The highest BCUT2D eigenvalue weighted by Crippen LogP contribution is 2.36. The van der Waals surface area contributed by atoms with E-state index in [9.17, 15) is 19.2 Å². The second-order valence-corrected chi connectivity index (χ2v) is 11.1. The molecule has 2 atom stereocenters. The van der Waals surface area contributed by atoms with E-state index >= 15 is 0 Å². The number of benzene rings is 2. The average Bonchev–Trinajstić information content (AvgIpc) is 3.59. The Morgan fingerprint density at radius 2 is 1.19 bits per heavy atom. The molecule has 2 aliphatic heterocycles. The third-order valence-electron chi connectivity index (χ3n) is 7.86. The van der Waals surface area contributed by atoms with Gasteiger partial charge in [0.15, 0.2) is 11.5 Å². The molecule has 0 saturated carbocycles. The first-order valence-electron chi connectivity index (χ1n) is 14.3. The number of methoxy groups -OCH3 is 2. The van der Waals surface area contributed by atoms with Crippen LogP contribution in [-0.2, 0) is 45.4 Å². The molecule has 2 amide bonds. The molecule has 2 heterocycles. The molecule has 3 N–H and O–H groups in total. The van der Waals surface area contributed by atoms with E-state index in [1.54, 1.807) is 24.0 Å². The average molecular weight is 598 g/mol. The molecule has 0 bridgehead atoms. The van der Waals surface area contributed by atoms with E-state index in [-0.39, 0.29) is 24.7 Å². The van der Waals surface area contributed by atoms with Crippen LogP contribution >= 0.6 is 0 Å². The van der Waals surface area contributed by atoms with Crippen molar-refractivity contribution in [3.05, 3.63) is 46.5 Å². The van der Waals surface area contributed by atoms with Crippen LogP contribution in [0.15, 0.2) is 24.3 Å². The van der Waals surface area contributed by atoms with Gasteiger partial charge in [-0.2, -0.15) is 0 Å². The van der Waals surface area contributed by atoms with E-state index in [1.165, 1.54) is 13.8 Å². The smallest absolute Gasteiger partial charge is 0.306 e. The van der Waals surface area contributed by atoms with Gasteiger partial charge in [-0.25, -0.2) is 0 Å². The topological polar surface area (TPSA) is 155 Å². The minimum absolute atomic E-state index is 0.0387. The van der Waals surface area contributed by atoms with Gasteiger partial charge in [-0.3, -0.25) is 19.2 Å². The quantitative estimate of drug-likeness (QED) is 0.276. The van der Waals surface area contributed by atoms with Crippen molar-refractivity contribution in [3.8, 4) is 17.2 Å². The lowest BCUT2D eigenvalue weighted by Gasteiger charge is -2.16. The highest BCUT2D eigenvalue weighted by molar-refractivity contribution is 5.83. The third kappa shape index (κ3) is 7.49. The predicted molar refractivity (Wildman–Crippen MR) is 156 cm³/mol. The summed E-state index contributed by atoms with van der Waals surface area (Å²) in [4.78, 5) is 50.8. The fourth-order valence-electron chi connectivity index (χ4n) is 5.20. The Labute approximate surface area is 250 Å². The molecule has 2 aromatic rings. The number of nitrogens with one attached hydrogen (secondary N) is 1. The molecule has 0 unspecified atom stereocenters. The molecule has 2 aromatic carbocycles. The normalized spacial score (nSPS) is 14.9. The molecule has 0 radical (unpaired) electrons. The highest BCUT2D eigenvalue weighted by Gasteiger charge is 2.29. The number of amides is 2. The Hall–Kier alpha value is -4.48. The number of fused-ring (bicyclic) bond motifs is 2. The number of hydrogen-bond acceptors (Lipinski definition) is 8. The lowest BCUT2D eigenvalue weighted by atomic mass is 10.1. The standard InChI is InChI=1S/C31H39N3O9/c1-18(30(37)38)8-28(35)33-14-20-10-24(25(41-3)11-21(20)15-33)32-6-5-7-43-27-13-23-17-34(16-22(23)12-26(27)42-4)29(36)9-19(2)31(39)40/h10-13,18-19,32H,5-9,14-17H2,1-4H3,(H,37,38)(H,39,40)/t18-,19-/m0/s1. The number of nitrogens with zero attached hydrogens (tertiary/aromatic N) is 2. The largest absolute Gasteiger partial charge is 0.495 e. The first-order chi connectivity index (χ1) is 20.5. The van der Waals surface area contributed by atoms with Crippen LogP contribution in [0.4, 0.5) is 5.69 Å². The zero-order valence-corrected chi connectivity index (χ0v) is 25.0. The zero-order valence-electron chi connectivity index (χ0n) is 25.0. The molecule has 0 fully saturated rings. The van der Waals surface area contributed by atoms with E-state index in [1.807, 2.05) is 24.3 Å². The molecule has 0 aromatic heterocycles. The SMILES string of the molecule is COc1cc2c(cc1NCCCOc1cc3c(cc1OC)CN(C(=O)C[C@H](C)C(=O)O)C3)CN(C(=O)C[C@H](C)C(=O)O)C2. The minimum atomic E-state index is -0.991. The minimum Gasteiger partial charge on any atom is -0.495 e. The maximum atomic E-state index is 12.6. The molecular weight excluding hydrogens is 558 g/mol. The number of hydrogen-bond donors (Lipinski definition) is 3. The molecule has 0 spiro atoms. The first-order valence-corrected chi connectivity index (χ1v) is 14.3.